The number of amides is 2. The number of carbonyl (C=O) groups excluding carboxylic acids is 1. The number of anilines is 2. The van der Waals surface area contributed by atoms with E-state index in [1.54, 1.807) is 0 Å². The highest BCUT2D eigenvalue weighted by atomic mass is 32.2. The number of hydrogen-bond acceptors (Lipinski definition) is 7. The Morgan fingerprint density at radius 1 is 1.37 bits per heavy atom. The van der Waals surface area contributed by atoms with Crippen molar-refractivity contribution in [1.82, 2.24) is 10.3 Å². The maximum absolute atomic E-state index is 14.1. The summed E-state index contributed by atoms with van der Waals surface area (Å²) in [5.74, 6) is -2.77. The maximum atomic E-state index is 14.1. The molecule has 2 aromatic rings. The topological polar surface area (TPSA) is 187 Å². The number of nitrogens with two attached hydrogens (primary N) is 1. The summed E-state index contributed by atoms with van der Waals surface area (Å²) < 4.78 is 40.8. The molecule has 0 unspecified atom stereocenters. The van der Waals surface area contributed by atoms with Gasteiger partial charge in [0.15, 0.2) is 5.69 Å². The molecule has 1 heterocycles. The second kappa shape index (κ2) is 7.96. The highest BCUT2D eigenvalue weighted by Crippen LogP contribution is 2.25. The summed E-state index contributed by atoms with van der Waals surface area (Å²) in [4.78, 5) is 25.6. The SMILES string of the molecule is N=C(N)CNC(=O)Nc1ccc(S(=O)(=O)Nc2scnc2C(=O)O)cc1F. The van der Waals surface area contributed by atoms with Gasteiger partial charge < -0.3 is 21.5 Å². The van der Waals surface area contributed by atoms with Crippen LogP contribution in [0.25, 0.3) is 0 Å². The number of nitrogens with zero attached hydrogens (tertiary/aromatic N) is 1. The number of sulfonamides is 1. The largest absolute Gasteiger partial charge is 0.476 e. The molecule has 0 spiro atoms. The number of amidine groups is 1. The van der Waals surface area contributed by atoms with Crippen LogP contribution in [0.2, 0.25) is 0 Å². The van der Waals surface area contributed by atoms with Crippen LogP contribution in [0.4, 0.5) is 19.9 Å². The van der Waals surface area contributed by atoms with E-state index in [1.165, 1.54) is 0 Å². The van der Waals surface area contributed by atoms with Gasteiger partial charge in [0.2, 0.25) is 0 Å². The summed E-state index contributed by atoms with van der Waals surface area (Å²) in [7, 11) is -4.28. The van der Waals surface area contributed by atoms with Crippen LogP contribution in [0.3, 0.4) is 0 Å². The number of carboxylic acid groups (broad SMARTS) is 1. The Bertz CT molecular complexity index is 1010. The number of aromatic nitrogens is 1. The molecule has 2 rings (SSSR count). The normalized spacial score (nSPS) is 10.9. The first-order chi connectivity index (χ1) is 12.6. The van der Waals surface area contributed by atoms with Gasteiger partial charge >= 0.3 is 12.0 Å². The molecule has 7 N–H and O–H groups in total. The van der Waals surface area contributed by atoms with Crippen LogP contribution in [0.1, 0.15) is 10.5 Å². The third kappa shape index (κ3) is 5.11. The number of hydrogen-bond donors (Lipinski definition) is 6. The fraction of sp³-hybridized carbons (Fsp3) is 0.0769. The molecule has 1 aromatic heterocycles. The van der Waals surface area contributed by atoms with Gasteiger partial charge in [-0.3, -0.25) is 10.1 Å². The van der Waals surface area contributed by atoms with Crippen molar-refractivity contribution < 1.29 is 27.5 Å². The molecule has 0 aliphatic heterocycles. The molecule has 0 saturated carbocycles. The van der Waals surface area contributed by atoms with E-state index in [-0.39, 0.29) is 23.1 Å². The van der Waals surface area contributed by atoms with Crippen molar-refractivity contribution in [2.75, 3.05) is 16.6 Å². The van der Waals surface area contributed by atoms with Gasteiger partial charge in [0.05, 0.1) is 22.6 Å². The summed E-state index contributed by atoms with van der Waals surface area (Å²) in [6.45, 7) is -0.245. The van der Waals surface area contributed by atoms with E-state index in [9.17, 15) is 22.4 Å². The third-order valence-electron chi connectivity index (χ3n) is 2.94. The van der Waals surface area contributed by atoms with Gasteiger partial charge in [0.1, 0.15) is 16.7 Å². The number of aromatic carboxylic acids is 1. The summed E-state index contributed by atoms with van der Waals surface area (Å²) in [5, 5.41) is 20.0. The molecular formula is C13H13FN6O5S2. The first-order valence-electron chi connectivity index (χ1n) is 6.97. The number of carboxylic acids is 1. The maximum Gasteiger partial charge on any atom is 0.357 e. The van der Waals surface area contributed by atoms with E-state index in [0.29, 0.717) is 6.07 Å². The molecule has 0 atom stereocenters. The highest BCUT2D eigenvalue weighted by Gasteiger charge is 2.22. The molecule has 0 aliphatic rings. The van der Waals surface area contributed by atoms with Crippen LogP contribution in [0, 0.1) is 11.2 Å². The average Bonchev–Trinajstić information content (AvgIpc) is 3.02. The standard InChI is InChI=1S/C13H13FN6O5S2/c14-7-3-6(1-2-8(7)19-13(23)17-4-9(15)16)27(24,25)20-11-10(12(21)22)18-5-26-11/h1-3,5,20H,4H2,(H3,15,16)(H,21,22)(H2,17,19,23). The minimum atomic E-state index is -4.28. The number of nitrogens with one attached hydrogen (secondary N) is 4. The molecule has 0 radical (unpaired) electrons. The Kier molecular flexibility index (Phi) is 5.91. The van der Waals surface area contributed by atoms with Gasteiger partial charge in [0, 0.05) is 0 Å². The zero-order valence-electron chi connectivity index (χ0n) is 13.3. The zero-order valence-corrected chi connectivity index (χ0v) is 14.9. The van der Waals surface area contributed by atoms with Crippen molar-refractivity contribution in [3.05, 3.63) is 35.2 Å². The smallest absolute Gasteiger partial charge is 0.357 e. The van der Waals surface area contributed by atoms with Gasteiger partial charge in [-0.25, -0.2) is 27.4 Å². The first kappa shape index (κ1) is 20.1. The second-order valence-corrected chi connectivity index (χ2v) is 7.45. The predicted octanol–water partition coefficient (Wildman–Crippen LogP) is 0.839. The van der Waals surface area contributed by atoms with Crippen LogP contribution < -0.4 is 21.1 Å². The van der Waals surface area contributed by atoms with Crippen molar-refractivity contribution in [2.24, 2.45) is 5.73 Å². The molecule has 14 heteroatoms. The Hall–Kier alpha value is -3.26. The van der Waals surface area contributed by atoms with Crippen molar-refractivity contribution >= 4 is 49.9 Å². The molecule has 0 aliphatic carbocycles. The molecule has 2 amide bonds. The van der Waals surface area contributed by atoms with E-state index >= 15 is 0 Å². The number of urea groups is 1. The Morgan fingerprint density at radius 3 is 2.67 bits per heavy atom. The summed E-state index contributed by atoms with van der Waals surface area (Å²) in [5.41, 5.74) is 5.43. The van der Waals surface area contributed by atoms with Gasteiger partial charge in [-0.1, -0.05) is 0 Å². The van der Waals surface area contributed by atoms with E-state index in [0.717, 1.165) is 29.0 Å². The number of benzene rings is 1. The lowest BCUT2D eigenvalue weighted by Gasteiger charge is -2.10. The van der Waals surface area contributed by atoms with E-state index in [1.807, 2.05) is 4.72 Å². The quantitative estimate of drug-likeness (QED) is 0.285. The fourth-order valence-corrected chi connectivity index (χ4v) is 3.76. The molecular weight excluding hydrogens is 403 g/mol. The first-order valence-corrected chi connectivity index (χ1v) is 9.33. The lowest BCUT2D eigenvalue weighted by molar-refractivity contribution is 0.0692. The Morgan fingerprint density at radius 2 is 2.07 bits per heavy atom. The molecule has 144 valence electrons. The second-order valence-electron chi connectivity index (χ2n) is 4.92. The number of halogens is 1. The van der Waals surface area contributed by atoms with E-state index in [4.69, 9.17) is 16.2 Å². The molecule has 27 heavy (non-hydrogen) atoms. The van der Waals surface area contributed by atoms with Gasteiger partial charge in [0.25, 0.3) is 10.0 Å². The molecule has 11 nitrogen and oxygen atoms in total. The fourth-order valence-electron chi connectivity index (χ4n) is 1.76. The van der Waals surface area contributed by atoms with Crippen molar-refractivity contribution in [3.63, 3.8) is 0 Å². The predicted molar refractivity (Wildman–Crippen MR) is 95.2 cm³/mol. The highest BCUT2D eigenvalue weighted by molar-refractivity contribution is 7.93. The van der Waals surface area contributed by atoms with Crippen LogP contribution in [-0.2, 0) is 10.0 Å². The van der Waals surface area contributed by atoms with Crippen LogP contribution in [0.5, 0.6) is 0 Å². The average molecular weight is 416 g/mol. The van der Waals surface area contributed by atoms with Crippen molar-refractivity contribution in [2.45, 2.75) is 4.90 Å². The van der Waals surface area contributed by atoms with E-state index in [2.05, 4.69) is 15.6 Å². The van der Waals surface area contributed by atoms with E-state index < -0.39 is 38.4 Å². The lowest BCUT2D eigenvalue weighted by atomic mass is 10.3. The minimum Gasteiger partial charge on any atom is -0.476 e. The van der Waals surface area contributed by atoms with Gasteiger partial charge in [-0.15, -0.1) is 11.3 Å². The molecule has 0 bridgehead atoms. The molecule has 0 saturated heterocycles. The monoisotopic (exact) mass is 416 g/mol. The summed E-state index contributed by atoms with van der Waals surface area (Å²) >= 11 is 0.754. The van der Waals surface area contributed by atoms with Crippen molar-refractivity contribution in [1.29, 1.82) is 5.41 Å². The van der Waals surface area contributed by atoms with Crippen LogP contribution >= 0.6 is 11.3 Å². The van der Waals surface area contributed by atoms with Crippen LogP contribution in [0.15, 0.2) is 28.6 Å². The Balaban J connectivity index is 2.18. The number of thiazole rings is 1. The van der Waals surface area contributed by atoms with Crippen molar-refractivity contribution in [3.8, 4) is 0 Å². The lowest BCUT2D eigenvalue weighted by Crippen LogP contribution is -2.36. The third-order valence-corrected chi connectivity index (χ3v) is 5.15. The summed E-state index contributed by atoms with van der Waals surface area (Å²) in [6, 6.07) is 1.86. The summed E-state index contributed by atoms with van der Waals surface area (Å²) in [6.07, 6.45) is 0. The van der Waals surface area contributed by atoms with Gasteiger partial charge in [-0.05, 0) is 18.2 Å². The Labute approximate surface area is 156 Å². The van der Waals surface area contributed by atoms with Gasteiger partial charge in [-0.2, -0.15) is 0 Å². The molecule has 1 aromatic carbocycles. The molecule has 0 fully saturated rings. The number of carbonyl (C=O) groups is 2. The van der Waals surface area contributed by atoms with Crippen LogP contribution in [-0.4, -0.2) is 42.9 Å². The minimum absolute atomic E-state index is 0.228. The number of rotatable bonds is 7. The zero-order chi connectivity index (χ0) is 20.2.